The largest absolute Gasteiger partial charge is 0.380 e. The van der Waals surface area contributed by atoms with E-state index in [1.54, 1.807) is 14.2 Å². The second kappa shape index (κ2) is 12.3. The van der Waals surface area contributed by atoms with Crippen LogP contribution in [0.4, 0.5) is 0 Å². The molecule has 0 spiro atoms. The zero-order valence-corrected chi connectivity index (χ0v) is 11.6. The fourth-order valence-corrected chi connectivity index (χ4v) is 1.43. The predicted octanol–water partition coefficient (Wildman–Crippen LogP) is 0.980. The van der Waals surface area contributed by atoms with Gasteiger partial charge in [-0.1, -0.05) is 0 Å². The summed E-state index contributed by atoms with van der Waals surface area (Å²) in [6.45, 7) is 9.40. The normalized spacial score (nSPS) is 11.6. The summed E-state index contributed by atoms with van der Waals surface area (Å²) in [5.41, 5.74) is 0. The van der Waals surface area contributed by atoms with Crippen molar-refractivity contribution in [3.63, 3.8) is 0 Å². The van der Waals surface area contributed by atoms with Crippen molar-refractivity contribution in [3.8, 4) is 0 Å². The third-order valence-electron chi connectivity index (χ3n) is 2.45. The Hall–Kier alpha value is -0.200. The van der Waals surface area contributed by atoms with Crippen LogP contribution in [0.3, 0.4) is 0 Å². The van der Waals surface area contributed by atoms with Gasteiger partial charge in [0.1, 0.15) is 0 Å². The van der Waals surface area contributed by atoms with Crippen LogP contribution < -0.4 is 0 Å². The molecule has 104 valence electrons. The van der Waals surface area contributed by atoms with Crippen LogP contribution in [0.5, 0.6) is 0 Å². The van der Waals surface area contributed by atoms with Crippen molar-refractivity contribution in [3.05, 3.63) is 0 Å². The smallest absolute Gasteiger partial charge is 0.169 e. The highest BCUT2D eigenvalue weighted by Crippen LogP contribution is 1.98. The molecule has 17 heavy (non-hydrogen) atoms. The van der Waals surface area contributed by atoms with Gasteiger partial charge in [-0.15, -0.1) is 0 Å². The monoisotopic (exact) mass is 249 g/mol. The van der Waals surface area contributed by atoms with Crippen LogP contribution in [-0.4, -0.2) is 71.5 Å². The number of hydrogen-bond donors (Lipinski definition) is 0. The molecule has 0 aliphatic heterocycles. The van der Waals surface area contributed by atoms with E-state index in [1.807, 2.05) is 13.8 Å². The third-order valence-corrected chi connectivity index (χ3v) is 2.45. The highest BCUT2D eigenvalue weighted by atomic mass is 16.7. The standard InChI is InChI=1S/C12H27NO4/c1-5-16-9-7-13(8-10-17-6-2)11-12(14-3)15-4/h12H,5-11H2,1-4H3. The van der Waals surface area contributed by atoms with Crippen molar-refractivity contribution >= 4 is 0 Å². The molecule has 0 amide bonds. The summed E-state index contributed by atoms with van der Waals surface area (Å²) in [5.74, 6) is 0. The highest BCUT2D eigenvalue weighted by Gasteiger charge is 2.12. The molecule has 0 radical (unpaired) electrons. The summed E-state index contributed by atoms with van der Waals surface area (Å²) in [4.78, 5) is 2.23. The van der Waals surface area contributed by atoms with Gasteiger partial charge >= 0.3 is 0 Å². The molecule has 0 aliphatic carbocycles. The van der Waals surface area contributed by atoms with E-state index in [0.29, 0.717) is 0 Å². The zero-order chi connectivity index (χ0) is 12.9. The van der Waals surface area contributed by atoms with E-state index in [-0.39, 0.29) is 6.29 Å². The molecule has 0 aromatic carbocycles. The van der Waals surface area contributed by atoms with Gasteiger partial charge in [-0.2, -0.15) is 0 Å². The molecule has 0 aliphatic rings. The van der Waals surface area contributed by atoms with Crippen molar-refractivity contribution in [2.24, 2.45) is 0 Å². The van der Waals surface area contributed by atoms with Gasteiger partial charge in [0.05, 0.1) is 13.2 Å². The molecule has 5 heteroatoms. The quantitative estimate of drug-likeness (QED) is 0.381. The maximum absolute atomic E-state index is 5.36. The van der Waals surface area contributed by atoms with Crippen molar-refractivity contribution in [1.29, 1.82) is 0 Å². The molecule has 0 heterocycles. The number of rotatable bonds is 12. The van der Waals surface area contributed by atoms with E-state index in [4.69, 9.17) is 18.9 Å². The summed E-state index contributed by atoms with van der Waals surface area (Å²) in [7, 11) is 3.30. The van der Waals surface area contributed by atoms with Crippen LogP contribution >= 0.6 is 0 Å². The maximum Gasteiger partial charge on any atom is 0.169 e. The number of nitrogens with zero attached hydrogens (tertiary/aromatic N) is 1. The lowest BCUT2D eigenvalue weighted by Gasteiger charge is -2.25. The Morgan fingerprint density at radius 2 is 1.35 bits per heavy atom. The summed E-state index contributed by atoms with van der Waals surface area (Å²) >= 11 is 0. The van der Waals surface area contributed by atoms with Gasteiger partial charge in [0.2, 0.25) is 0 Å². The summed E-state index contributed by atoms with van der Waals surface area (Å²) in [5, 5.41) is 0. The van der Waals surface area contributed by atoms with Crippen LogP contribution in [0.1, 0.15) is 13.8 Å². The lowest BCUT2D eigenvalue weighted by Crippen LogP contribution is -2.38. The first-order valence-corrected chi connectivity index (χ1v) is 6.21. The molecule has 0 unspecified atom stereocenters. The summed E-state index contributed by atoms with van der Waals surface area (Å²) in [6.07, 6.45) is -0.196. The Bertz CT molecular complexity index is 143. The Morgan fingerprint density at radius 1 is 0.882 bits per heavy atom. The Morgan fingerprint density at radius 3 is 1.71 bits per heavy atom. The van der Waals surface area contributed by atoms with E-state index < -0.39 is 0 Å². The Balaban J connectivity index is 3.90. The van der Waals surface area contributed by atoms with E-state index >= 15 is 0 Å². The average molecular weight is 249 g/mol. The number of methoxy groups -OCH3 is 2. The second-order valence-electron chi connectivity index (χ2n) is 3.60. The molecule has 0 saturated heterocycles. The van der Waals surface area contributed by atoms with Crippen LogP contribution in [-0.2, 0) is 18.9 Å². The molecular weight excluding hydrogens is 222 g/mol. The van der Waals surface area contributed by atoms with E-state index in [0.717, 1.165) is 46.1 Å². The molecule has 0 fully saturated rings. The van der Waals surface area contributed by atoms with E-state index in [1.165, 1.54) is 0 Å². The first-order valence-electron chi connectivity index (χ1n) is 6.21. The molecule has 5 nitrogen and oxygen atoms in total. The summed E-state index contributed by atoms with van der Waals surface area (Å²) < 4.78 is 21.1. The second-order valence-corrected chi connectivity index (χ2v) is 3.60. The van der Waals surface area contributed by atoms with Gasteiger partial charge in [0.15, 0.2) is 6.29 Å². The minimum absolute atomic E-state index is 0.196. The molecule has 0 aromatic heterocycles. The SMILES string of the molecule is CCOCCN(CCOCC)CC(OC)OC. The molecule has 0 bridgehead atoms. The average Bonchev–Trinajstić information content (AvgIpc) is 2.35. The molecule has 0 rings (SSSR count). The zero-order valence-electron chi connectivity index (χ0n) is 11.6. The van der Waals surface area contributed by atoms with Gasteiger partial charge in [-0.3, -0.25) is 4.90 Å². The minimum Gasteiger partial charge on any atom is -0.380 e. The molecule has 0 atom stereocenters. The Kier molecular flexibility index (Phi) is 12.1. The fourth-order valence-electron chi connectivity index (χ4n) is 1.43. The van der Waals surface area contributed by atoms with Gasteiger partial charge in [0, 0.05) is 47.1 Å². The van der Waals surface area contributed by atoms with Gasteiger partial charge in [0.25, 0.3) is 0 Å². The molecule has 0 N–H and O–H groups in total. The van der Waals surface area contributed by atoms with Crippen molar-refractivity contribution in [1.82, 2.24) is 4.90 Å². The van der Waals surface area contributed by atoms with Crippen molar-refractivity contribution in [2.45, 2.75) is 20.1 Å². The topological polar surface area (TPSA) is 40.2 Å². The van der Waals surface area contributed by atoms with Gasteiger partial charge in [-0.05, 0) is 13.8 Å². The third kappa shape index (κ3) is 9.50. The first-order chi connectivity index (χ1) is 8.28. The van der Waals surface area contributed by atoms with Crippen molar-refractivity contribution in [2.75, 3.05) is 60.3 Å². The number of ether oxygens (including phenoxy) is 4. The lowest BCUT2D eigenvalue weighted by atomic mass is 10.4. The first kappa shape index (κ1) is 16.8. The van der Waals surface area contributed by atoms with Crippen LogP contribution in [0.2, 0.25) is 0 Å². The highest BCUT2D eigenvalue weighted by molar-refractivity contribution is 4.59. The molecule has 0 saturated carbocycles. The van der Waals surface area contributed by atoms with Gasteiger partial charge < -0.3 is 18.9 Å². The van der Waals surface area contributed by atoms with Gasteiger partial charge in [-0.25, -0.2) is 0 Å². The van der Waals surface area contributed by atoms with Crippen LogP contribution in [0.15, 0.2) is 0 Å². The summed E-state index contributed by atoms with van der Waals surface area (Å²) in [6, 6.07) is 0. The Labute approximate surface area is 105 Å². The van der Waals surface area contributed by atoms with Crippen LogP contribution in [0.25, 0.3) is 0 Å². The fraction of sp³-hybridized carbons (Fsp3) is 1.00. The van der Waals surface area contributed by atoms with E-state index in [2.05, 4.69) is 4.90 Å². The molecule has 0 aromatic rings. The minimum atomic E-state index is -0.196. The van der Waals surface area contributed by atoms with Crippen LogP contribution in [0, 0.1) is 0 Å². The lowest BCUT2D eigenvalue weighted by molar-refractivity contribution is -0.119. The van der Waals surface area contributed by atoms with Crippen molar-refractivity contribution < 1.29 is 18.9 Å². The predicted molar refractivity (Wildman–Crippen MR) is 67.2 cm³/mol. The number of hydrogen-bond acceptors (Lipinski definition) is 5. The maximum atomic E-state index is 5.36. The molecular formula is C12H27NO4. The van der Waals surface area contributed by atoms with E-state index in [9.17, 15) is 0 Å².